The molecule has 0 heterocycles. The van der Waals surface area contributed by atoms with Gasteiger partial charge in [-0.15, -0.1) is 0 Å². The Kier molecular flexibility index (Phi) is 5.21. The van der Waals surface area contributed by atoms with Gasteiger partial charge in [0.2, 0.25) is 0 Å². The quantitative estimate of drug-likeness (QED) is 0.673. The third-order valence-corrected chi connectivity index (χ3v) is 2.56. The molecule has 0 fully saturated rings. The average molecular weight is 241 g/mol. The molecule has 2 atom stereocenters. The van der Waals surface area contributed by atoms with Crippen molar-refractivity contribution in [2.45, 2.75) is 18.6 Å². The van der Waals surface area contributed by atoms with Gasteiger partial charge in [-0.3, -0.25) is 0 Å². The third kappa shape index (κ3) is 3.59. The minimum absolute atomic E-state index is 0.129. The van der Waals surface area contributed by atoms with E-state index in [2.05, 4.69) is 0 Å². The second kappa shape index (κ2) is 6.44. The number of aliphatic hydroxyl groups excluding tert-OH is 2. The van der Waals surface area contributed by atoms with Gasteiger partial charge in [-0.2, -0.15) is 0 Å². The number of rotatable bonds is 6. The van der Waals surface area contributed by atoms with Gasteiger partial charge in [-0.25, -0.2) is 0 Å². The number of nitrogens with two attached hydrogens (primary N) is 1. The highest BCUT2D eigenvalue weighted by Crippen LogP contribution is 2.31. The van der Waals surface area contributed by atoms with Gasteiger partial charge in [0, 0.05) is 13.0 Å². The van der Waals surface area contributed by atoms with Crippen molar-refractivity contribution in [2.24, 2.45) is 5.73 Å². The maximum Gasteiger partial charge on any atom is 0.161 e. The van der Waals surface area contributed by atoms with E-state index in [4.69, 9.17) is 15.2 Å². The fourth-order valence-corrected chi connectivity index (χ4v) is 1.55. The van der Waals surface area contributed by atoms with Gasteiger partial charge in [0.1, 0.15) is 0 Å². The van der Waals surface area contributed by atoms with Gasteiger partial charge >= 0.3 is 0 Å². The normalized spacial score (nSPS) is 14.2. The Morgan fingerprint density at radius 2 is 1.82 bits per heavy atom. The Hall–Kier alpha value is -1.30. The third-order valence-electron chi connectivity index (χ3n) is 2.56. The minimum Gasteiger partial charge on any atom is -0.493 e. The first-order chi connectivity index (χ1) is 8.12. The molecule has 1 rings (SSSR count). The molecule has 2 unspecified atom stereocenters. The zero-order valence-electron chi connectivity index (χ0n) is 10.1. The molecule has 0 bridgehead atoms. The van der Waals surface area contributed by atoms with Gasteiger partial charge in [-0.1, -0.05) is 6.07 Å². The highest BCUT2D eigenvalue weighted by molar-refractivity contribution is 5.43. The van der Waals surface area contributed by atoms with Gasteiger partial charge in [0.05, 0.1) is 26.4 Å². The highest BCUT2D eigenvalue weighted by atomic mass is 16.5. The topological polar surface area (TPSA) is 84.9 Å². The zero-order chi connectivity index (χ0) is 12.8. The second-order valence-electron chi connectivity index (χ2n) is 3.76. The van der Waals surface area contributed by atoms with Gasteiger partial charge in [0.25, 0.3) is 0 Å². The van der Waals surface area contributed by atoms with E-state index in [0.717, 1.165) is 0 Å². The van der Waals surface area contributed by atoms with E-state index in [1.54, 1.807) is 25.3 Å². The Morgan fingerprint density at radius 3 is 2.35 bits per heavy atom. The molecule has 0 aliphatic rings. The summed E-state index contributed by atoms with van der Waals surface area (Å²) < 4.78 is 10.2. The lowest BCUT2D eigenvalue weighted by Crippen LogP contribution is -2.22. The van der Waals surface area contributed by atoms with Gasteiger partial charge < -0.3 is 25.4 Å². The Labute approximate surface area is 101 Å². The standard InChI is InChI=1S/C12H19NO4/c1-16-11-4-3-8(5-12(11)17-2)10(15)6-9(14)7-13/h3-5,9-10,14-15H,6-7,13H2,1-2H3. The summed E-state index contributed by atoms with van der Waals surface area (Å²) in [5, 5.41) is 19.3. The number of methoxy groups -OCH3 is 2. The van der Waals surface area contributed by atoms with E-state index in [1.807, 2.05) is 0 Å². The molecule has 0 aromatic heterocycles. The Balaban J connectivity index is 2.84. The molecule has 96 valence electrons. The summed E-state index contributed by atoms with van der Waals surface area (Å²) in [4.78, 5) is 0. The van der Waals surface area contributed by atoms with E-state index in [0.29, 0.717) is 17.1 Å². The maximum absolute atomic E-state index is 9.89. The minimum atomic E-state index is -0.770. The van der Waals surface area contributed by atoms with Crippen molar-refractivity contribution in [1.82, 2.24) is 0 Å². The lowest BCUT2D eigenvalue weighted by molar-refractivity contribution is 0.0850. The molecule has 0 aliphatic heterocycles. The molecule has 1 aromatic rings. The van der Waals surface area contributed by atoms with E-state index in [9.17, 15) is 10.2 Å². The average Bonchev–Trinajstić information content (AvgIpc) is 2.37. The maximum atomic E-state index is 9.89. The number of aliphatic hydroxyl groups is 2. The van der Waals surface area contributed by atoms with Crippen LogP contribution < -0.4 is 15.2 Å². The summed E-state index contributed by atoms with van der Waals surface area (Å²) in [6, 6.07) is 5.13. The van der Waals surface area contributed by atoms with Crippen molar-refractivity contribution in [2.75, 3.05) is 20.8 Å². The summed E-state index contributed by atoms with van der Waals surface area (Å²) in [5.74, 6) is 1.15. The summed E-state index contributed by atoms with van der Waals surface area (Å²) in [6.07, 6.45) is -1.28. The van der Waals surface area contributed by atoms with Crippen LogP contribution in [0.2, 0.25) is 0 Å². The van der Waals surface area contributed by atoms with Crippen LogP contribution in [0.25, 0.3) is 0 Å². The number of ether oxygens (including phenoxy) is 2. The van der Waals surface area contributed by atoms with Gasteiger partial charge in [0.15, 0.2) is 11.5 Å². The van der Waals surface area contributed by atoms with Crippen molar-refractivity contribution in [3.8, 4) is 11.5 Å². The molecule has 5 nitrogen and oxygen atoms in total. The first kappa shape index (κ1) is 13.8. The largest absolute Gasteiger partial charge is 0.493 e. The van der Waals surface area contributed by atoms with Gasteiger partial charge in [-0.05, 0) is 17.7 Å². The van der Waals surface area contributed by atoms with E-state index >= 15 is 0 Å². The van der Waals surface area contributed by atoms with Crippen molar-refractivity contribution in [3.05, 3.63) is 23.8 Å². The fourth-order valence-electron chi connectivity index (χ4n) is 1.55. The van der Waals surface area contributed by atoms with Crippen LogP contribution in [0.1, 0.15) is 18.1 Å². The predicted molar refractivity (Wildman–Crippen MR) is 64.2 cm³/mol. The lowest BCUT2D eigenvalue weighted by atomic mass is 10.0. The monoisotopic (exact) mass is 241 g/mol. The van der Waals surface area contributed by atoms with Crippen molar-refractivity contribution in [1.29, 1.82) is 0 Å². The smallest absolute Gasteiger partial charge is 0.161 e. The van der Waals surface area contributed by atoms with Crippen LogP contribution in [0, 0.1) is 0 Å². The molecular formula is C12H19NO4. The van der Waals surface area contributed by atoms with Crippen LogP contribution in [-0.4, -0.2) is 37.1 Å². The van der Waals surface area contributed by atoms with Crippen LogP contribution in [0.15, 0.2) is 18.2 Å². The molecule has 5 heteroatoms. The Bertz CT molecular complexity index is 356. The second-order valence-corrected chi connectivity index (χ2v) is 3.76. The predicted octanol–water partition coefficient (Wildman–Crippen LogP) is 0.447. The SMILES string of the molecule is COc1ccc(C(O)CC(O)CN)cc1OC. The molecule has 1 aromatic carbocycles. The first-order valence-electron chi connectivity index (χ1n) is 5.40. The number of benzene rings is 1. The van der Waals surface area contributed by atoms with Crippen LogP contribution in [0.5, 0.6) is 11.5 Å². The highest BCUT2D eigenvalue weighted by Gasteiger charge is 2.15. The molecule has 17 heavy (non-hydrogen) atoms. The van der Waals surface area contributed by atoms with Crippen molar-refractivity contribution >= 4 is 0 Å². The number of hydrogen-bond acceptors (Lipinski definition) is 5. The summed E-state index contributed by atoms with van der Waals surface area (Å²) in [5.41, 5.74) is 5.96. The first-order valence-corrected chi connectivity index (χ1v) is 5.40. The van der Waals surface area contributed by atoms with Crippen molar-refractivity contribution in [3.63, 3.8) is 0 Å². The molecule has 4 N–H and O–H groups in total. The van der Waals surface area contributed by atoms with Crippen molar-refractivity contribution < 1.29 is 19.7 Å². The van der Waals surface area contributed by atoms with E-state index in [1.165, 1.54) is 7.11 Å². The zero-order valence-corrected chi connectivity index (χ0v) is 10.1. The summed E-state index contributed by atoms with van der Waals surface area (Å²) >= 11 is 0. The summed E-state index contributed by atoms with van der Waals surface area (Å²) in [7, 11) is 3.08. The molecule has 0 saturated carbocycles. The van der Waals surface area contributed by atoms with E-state index < -0.39 is 12.2 Å². The van der Waals surface area contributed by atoms with Crippen LogP contribution in [0.3, 0.4) is 0 Å². The fraction of sp³-hybridized carbons (Fsp3) is 0.500. The van der Waals surface area contributed by atoms with Crippen LogP contribution in [-0.2, 0) is 0 Å². The molecule has 0 aliphatic carbocycles. The molecule has 0 spiro atoms. The number of hydrogen-bond donors (Lipinski definition) is 3. The molecule has 0 amide bonds. The Morgan fingerprint density at radius 1 is 1.18 bits per heavy atom. The van der Waals surface area contributed by atoms with Crippen LogP contribution >= 0.6 is 0 Å². The lowest BCUT2D eigenvalue weighted by Gasteiger charge is -2.16. The molecular weight excluding hydrogens is 222 g/mol. The molecule has 0 saturated heterocycles. The molecule has 0 radical (unpaired) electrons. The van der Waals surface area contributed by atoms with E-state index in [-0.39, 0.29) is 13.0 Å². The summed E-state index contributed by atoms with van der Waals surface area (Å²) in [6.45, 7) is 0.129. The van der Waals surface area contributed by atoms with Crippen LogP contribution in [0.4, 0.5) is 0 Å².